The molecule has 0 aliphatic rings. The molecule has 0 N–H and O–H groups in total. The summed E-state index contributed by atoms with van der Waals surface area (Å²) in [6.07, 6.45) is -3.63. The van der Waals surface area contributed by atoms with Gasteiger partial charge in [-0.25, -0.2) is 4.98 Å². The molecule has 0 saturated heterocycles. The van der Waals surface area contributed by atoms with Crippen LogP contribution in [0.15, 0.2) is 52.1 Å². The maximum absolute atomic E-state index is 12.4. The van der Waals surface area contributed by atoms with Crippen molar-refractivity contribution in [3.05, 3.63) is 58.2 Å². The van der Waals surface area contributed by atoms with Gasteiger partial charge < -0.3 is 0 Å². The van der Waals surface area contributed by atoms with Gasteiger partial charge in [-0.05, 0) is 24.3 Å². The minimum atomic E-state index is -4.40. The number of benzene rings is 1. The van der Waals surface area contributed by atoms with Gasteiger partial charge in [0.2, 0.25) is 0 Å². The van der Waals surface area contributed by atoms with Crippen molar-refractivity contribution in [3.8, 4) is 0 Å². The number of Topliss-reactive ketones (excluding diaryl/α,β-unsaturated/α-hetero) is 1. The van der Waals surface area contributed by atoms with E-state index in [9.17, 15) is 18.0 Å². The summed E-state index contributed by atoms with van der Waals surface area (Å²) in [5, 5.41) is 0.381. The van der Waals surface area contributed by atoms with E-state index in [0.29, 0.717) is 10.6 Å². The third-order valence-corrected chi connectivity index (χ3v) is 4.00. The third-order valence-electron chi connectivity index (χ3n) is 2.56. The fraction of sp³-hybridized carbons (Fsp3) is 0.143. The molecule has 7 heteroatoms. The number of hydrogen-bond donors (Lipinski definition) is 0. The fourth-order valence-corrected chi connectivity index (χ4v) is 2.65. The minimum Gasteiger partial charge on any atom is -0.293 e. The lowest BCUT2D eigenvalue weighted by molar-refractivity contribution is -0.137. The predicted molar refractivity (Wildman–Crippen MR) is 78.4 cm³/mol. The average molecular weight is 376 g/mol. The van der Waals surface area contributed by atoms with Crippen LogP contribution in [-0.2, 0) is 6.18 Å². The summed E-state index contributed by atoms with van der Waals surface area (Å²) in [6.45, 7) is 0. The summed E-state index contributed by atoms with van der Waals surface area (Å²) in [7, 11) is 0. The Bertz CT molecular complexity index is 643. The van der Waals surface area contributed by atoms with Gasteiger partial charge in [0, 0.05) is 16.2 Å². The van der Waals surface area contributed by atoms with Gasteiger partial charge in [-0.3, -0.25) is 4.79 Å². The molecule has 1 heterocycles. The van der Waals surface area contributed by atoms with E-state index < -0.39 is 11.7 Å². The Hall–Kier alpha value is -1.34. The highest BCUT2D eigenvalue weighted by atomic mass is 79.9. The number of aromatic nitrogens is 1. The molecule has 0 radical (unpaired) electrons. The maximum atomic E-state index is 12.4. The molecule has 2 rings (SSSR count). The summed E-state index contributed by atoms with van der Waals surface area (Å²) in [5.41, 5.74) is -0.256. The Balaban J connectivity index is 1.98. The van der Waals surface area contributed by atoms with E-state index in [0.717, 1.165) is 28.5 Å². The van der Waals surface area contributed by atoms with Crippen molar-refractivity contribution in [3.63, 3.8) is 0 Å². The molecule has 0 saturated carbocycles. The van der Waals surface area contributed by atoms with Crippen molar-refractivity contribution in [1.29, 1.82) is 0 Å². The number of pyridine rings is 1. The third kappa shape index (κ3) is 4.57. The fourth-order valence-electron chi connectivity index (χ4n) is 1.52. The zero-order chi connectivity index (χ0) is 15.5. The van der Waals surface area contributed by atoms with E-state index in [-0.39, 0.29) is 11.5 Å². The van der Waals surface area contributed by atoms with Crippen LogP contribution in [0.4, 0.5) is 13.2 Å². The number of carbonyl (C=O) groups excluding carboxylic acids is 1. The number of alkyl halides is 3. The molecule has 2 aromatic rings. The van der Waals surface area contributed by atoms with Gasteiger partial charge in [-0.2, -0.15) is 13.2 Å². The van der Waals surface area contributed by atoms with Gasteiger partial charge >= 0.3 is 6.18 Å². The van der Waals surface area contributed by atoms with Crippen LogP contribution in [0.5, 0.6) is 0 Å². The molecule has 0 bridgehead atoms. The van der Waals surface area contributed by atoms with Crippen LogP contribution in [0.2, 0.25) is 0 Å². The number of nitrogens with zero attached hydrogens (tertiary/aromatic N) is 1. The number of rotatable bonds is 4. The second kappa shape index (κ2) is 6.62. The largest absolute Gasteiger partial charge is 0.417 e. The first-order valence-electron chi connectivity index (χ1n) is 5.81. The molecule has 21 heavy (non-hydrogen) atoms. The predicted octanol–water partition coefficient (Wildman–Crippen LogP) is 4.84. The quantitative estimate of drug-likeness (QED) is 0.565. The highest BCUT2D eigenvalue weighted by Crippen LogP contribution is 2.29. The molecular weight excluding hydrogens is 367 g/mol. The molecule has 1 aromatic heterocycles. The SMILES string of the molecule is O=C(CSc1ccc(C(F)(F)F)cn1)c1cccc(Br)c1. The molecule has 0 amide bonds. The van der Waals surface area contributed by atoms with Gasteiger partial charge in [0.1, 0.15) is 0 Å². The Labute approximate surface area is 131 Å². The van der Waals surface area contributed by atoms with Gasteiger partial charge in [-0.1, -0.05) is 39.8 Å². The van der Waals surface area contributed by atoms with Crippen LogP contribution in [0.25, 0.3) is 0 Å². The monoisotopic (exact) mass is 375 g/mol. The topological polar surface area (TPSA) is 30.0 Å². The van der Waals surface area contributed by atoms with E-state index in [2.05, 4.69) is 20.9 Å². The first-order chi connectivity index (χ1) is 9.86. The molecule has 0 atom stereocenters. The first kappa shape index (κ1) is 16.0. The van der Waals surface area contributed by atoms with Gasteiger partial charge in [0.15, 0.2) is 5.78 Å². The van der Waals surface area contributed by atoms with E-state index in [1.165, 1.54) is 6.07 Å². The summed E-state index contributed by atoms with van der Waals surface area (Å²) in [5.74, 6) is 0.0115. The van der Waals surface area contributed by atoms with Crippen LogP contribution in [0.1, 0.15) is 15.9 Å². The van der Waals surface area contributed by atoms with Crippen molar-refractivity contribution in [1.82, 2.24) is 4.98 Å². The van der Waals surface area contributed by atoms with E-state index in [1.54, 1.807) is 24.3 Å². The molecule has 0 spiro atoms. The zero-order valence-corrected chi connectivity index (χ0v) is 12.9. The normalized spacial score (nSPS) is 11.4. The summed E-state index contributed by atoms with van der Waals surface area (Å²) >= 11 is 4.38. The van der Waals surface area contributed by atoms with E-state index >= 15 is 0 Å². The van der Waals surface area contributed by atoms with Crippen LogP contribution in [0, 0.1) is 0 Å². The molecular formula is C14H9BrF3NOS. The molecule has 1 aromatic carbocycles. The Morgan fingerprint density at radius 2 is 2.00 bits per heavy atom. The number of hydrogen-bond acceptors (Lipinski definition) is 3. The lowest BCUT2D eigenvalue weighted by atomic mass is 10.2. The van der Waals surface area contributed by atoms with Crippen LogP contribution < -0.4 is 0 Å². The molecule has 0 aliphatic carbocycles. The average Bonchev–Trinajstić information content (AvgIpc) is 2.44. The molecule has 0 fully saturated rings. The van der Waals surface area contributed by atoms with Gasteiger partial charge in [-0.15, -0.1) is 0 Å². The number of thioether (sulfide) groups is 1. The number of carbonyl (C=O) groups is 1. The van der Waals surface area contributed by atoms with Gasteiger partial charge in [0.25, 0.3) is 0 Å². The van der Waals surface area contributed by atoms with Crippen molar-refractivity contribution in [2.45, 2.75) is 11.2 Å². The van der Waals surface area contributed by atoms with Crippen LogP contribution in [0.3, 0.4) is 0 Å². The standard InChI is InChI=1S/C14H9BrF3NOS/c15-11-3-1-2-9(6-11)12(20)8-21-13-5-4-10(7-19-13)14(16,17)18/h1-7H,8H2. The first-order valence-corrected chi connectivity index (χ1v) is 7.59. The van der Waals surface area contributed by atoms with Crippen molar-refractivity contribution >= 4 is 33.5 Å². The summed E-state index contributed by atoms with van der Waals surface area (Å²) < 4.78 is 38.0. The molecule has 0 unspecified atom stereocenters. The maximum Gasteiger partial charge on any atom is 0.417 e. The Morgan fingerprint density at radius 3 is 2.57 bits per heavy atom. The van der Waals surface area contributed by atoms with Crippen molar-refractivity contribution in [2.24, 2.45) is 0 Å². The van der Waals surface area contributed by atoms with Crippen LogP contribution >= 0.6 is 27.7 Å². The lowest BCUT2D eigenvalue weighted by Gasteiger charge is -2.06. The molecule has 110 valence electrons. The Morgan fingerprint density at radius 1 is 1.24 bits per heavy atom. The van der Waals surface area contributed by atoms with E-state index in [1.807, 2.05) is 0 Å². The summed E-state index contributed by atoms with van der Waals surface area (Å²) in [4.78, 5) is 15.7. The highest BCUT2D eigenvalue weighted by Gasteiger charge is 2.30. The van der Waals surface area contributed by atoms with Crippen molar-refractivity contribution < 1.29 is 18.0 Å². The highest BCUT2D eigenvalue weighted by molar-refractivity contribution is 9.10. The lowest BCUT2D eigenvalue weighted by Crippen LogP contribution is -2.06. The number of ketones is 1. The van der Waals surface area contributed by atoms with Crippen molar-refractivity contribution in [2.75, 3.05) is 5.75 Å². The second-order valence-electron chi connectivity index (χ2n) is 4.11. The smallest absolute Gasteiger partial charge is 0.293 e. The van der Waals surface area contributed by atoms with Crippen LogP contribution in [-0.4, -0.2) is 16.5 Å². The number of halogens is 4. The van der Waals surface area contributed by atoms with E-state index in [4.69, 9.17) is 0 Å². The zero-order valence-electron chi connectivity index (χ0n) is 10.5. The molecule has 0 aliphatic heterocycles. The second-order valence-corrected chi connectivity index (χ2v) is 6.02. The Kier molecular flexibility index (Phi) is 5.05. The minimum absolute atomic E-state index is 0.108. The van der Waals surface area contributed by atoms with Gasteiger partial charge in [0.05, 0.1) is 16.3 Å². The molecule has 2 nitrogen and oxygen atoms in total. The summed E-state index contributed by atoms with van der Waals surface area (Å²) in [6, 6.07) is 9.16.